The van der Waals surface area contributed by atoms with E-state index in [2.05, 4.69) is 26.1 Å². The lowest BCUT2D eigenvalue weighted by molar-refractivity contribution is 0.474. The van der Waals surface area contributed by atoms with E-state index in [1.165, 1.54) is 0 Å². The van der Waals surface area contributed by atoms with E-state index in [1.54, 1.807) is 12.1 Å². The Labute approximate surface area is 86.0 Å². The Morgan fingerprint density at radius 3 is 2.64 bits per heavy atom. The highest BCUT2D eigenvalue weighted by atomic mass is 16.3. The molecule has 0 saturated carbocycles. The van der Waals surface area contributed by atoms with Crippen molar-refractivity contribution in [1.29, 1.82) is 0 Å². The first-order valence-electron chi connectivity index (χ1n) is 5.19. The molecule has 0 aliphatic heterocycles. The predicted octanol–water partition coefficient (Wildman–Crippen LogP) is 3.24. The van der Waals surface area contributed by atoms with Gasteiger partial charge in [0.15, 0.2) is 0 Å². The van der Waals surface area contributed by atoms with Crippen molar-refractivity contribution in [1.82, 2.24) is 0 Å². The van der Waals surface area contributed by atoms with Gasteiger partial charge in [-0.15, -0.1) is 0 Å². The maximum Gasteiger partial charge on any atom is 0.117 e. The number of phenolic OH excluding ortho intramolecular Hbond substituents is 1. The lowest BCUT2D eigenvalue weighted by atomic mass is 10.0. The topological polar surface area (TPSA) is 32.3 Å². The van der Waals surface area contributed by atoms with Crippen molar-refractivity contribution in [2.24, 2.45) is 5.92 Å². The van der Waals surface area contributed by atoms with Gasteiger partial charge in [-0.25, -0.2) is 0 Å². The Morgan fingerprint density at radius 1 is 1.36 bits per heavy atom. The maximum absolute atomic E-state index is 9.28. The Hall–Kier alpha value is -1.18. The van der Waals surface area contributed by atoms with Crippen LogP contribution in [-0.4, -0.2) is 11.1 Å². The second kappa shape index (κ2) is 4.89. The summed E-state index contributed by atoms with van der Waals surface area (Å²) in [6.07, 6.45) is 1.16. The first-order valence-corrected chi connectivity index (χ1v) is 5.19. The van der Waals surface area contributed by atoms with Crippen molar-refractivity contribution >= 4 is 5.69 Å². The number of nitrogens with one attached hydrogen (secondary N) is 1. The van der Waals surface area contributed by atoms with E-state index < -0.39 is 0 Å². The molecule has 78 valence electrons. The molecule has 0 aromatic heterocycles. The Morgan fingerprint density at radius 2 is 2.07 bits per heavy atom. The summed E-state index contributed by atoms with van der Waals surface area (Å²) in [6, 6.07) is 7.68. The molecule has 0 fully saturated rings. The van der Waals surface area contributed by atoms with Crippen LogP contribution >= 0.6 is 0 Å². The second-order valence-corrected chi connectivity index (χ2v) is 3.87. The zero-order chi connectivity index (χ0) is 10.6. The average molecular weight is 193 g/mol. The zero-order valence-corrected chi connectivity index (χ0v) is 9.12. The van der Waals surface area contributed by atoms with Gasteiger partial charge in [-0.1, -0.05) is 26.3 Å². The van der Waals surface area contributed by atoms with E-state index in [0.717, 1.165) is 12.1 Å². The minimum atomic E-state index is 0.311. The van der Waals surface area contributed by atoms with Gasteiger partial charge < -0.3 is 10.4 Å². The van der Waals surface area contributed by atoms with Gasteiger partial charge in [0.25, 0.3) is 0 Å². The summed E-state index contributed by atoms with van der Waals surface area (Å²) in [5.41, 5.74) is 0.984. The molecule has 0 bridgehead atoms. The molecular weight excluding hydrogens is 174 g/mol. The van der Waals surface area contributed by atoms with Crippen LogP contribution in [0.2, 0.25) is 0 Å². The number of hydrogen-bond donors (Lipinski definition) is 2. The summed E-state index contributed by atoms with van der Waals surface area (Å²) in [4.78, 5) is 0. The van der Waals surface area contributed by atoms with Gasteiger partial charge in [0.2, 0.25) is 0 Å². The quantitative estimate of drug-likeness (QED) is 0.769. The molecular formula is C12H19NO. The Balaban J connectivity index is 2.60. The molecule has 1 aromatic carbocycles. The summed E-state index contributed by atoms with van der Waals surface area (Å²) in [5, 5.41) is 12.7. The molecule has 0 aliphatic carbocycles. The van der Waals surface area contributed by atoms with Crippen LogP contribution in [0, 0.1) is 5.92 Å². The van der Waals surface area contributed by atoms with Gasteiger partial charge >= 0.3 is 0 Å². The van der Waals surface area contributed by atoms with Gasteiger partial charge in [-0.3, -0.25) is 0 Å². The van der Waals surface area contributed by atoms with E-state index >= 15 is 0 Å². The number of aromatic hydroxyl groups is 1. The third-order valence-corrected chi connectivity index (χ3v) is 2.74. The highest BCUT2D eigenvalue weighted by Gasteiger charge is 2.09. The van der Waals surface area contributed by atoms with Crippen LogP contribution in [0.1, 0.15) is 27.2 Å². The Kier molecular flexibility index (Phi) is 3.81. The SMILES string of the molecule is CCC(C)C(C)Nc1cccc(O)c1. The van der Waals surface area contributed by atoms with Crippen molar-refractivity contribution in [3.63, 3.8) is 0 Å². The van der Waals surface area contributed by atoms with Crippen LogP contribution in [-0.2, 0) is 0 Å². The molecule has 2 unspecified atom stereocenters. The van der Waals surface area contributed by atoms with E-state index in [4.69, 9.17) is 0 Å². The van der Waals surface area contributed by atoms with Crippen molar-refractivity contribution < 1.29 is 5.11 Å². The molecule has 1 rings (SSSR count). The smallest absolute Gasteiger partial charge is 0.117 e. The van der Waals surface area contributed by atoms with Crippen LogP contribution in [0.4, 0.5) is 5.69 Å². The molecule has 2 N–H and O–H groups in total. The Bertz CT molecular complexity index is 285. The number of anilines is 1. The largest absolute Gasteiger partial charge is 0.508 e. The van der Waals surface area contributed by atoms with Crippen molar-refractivity contribution in [3.05, 3.63) is 24.3 Å². The summed E-state index contributed by atoms with van der Waals surface area (Å²) in [5.74, 6) is 0.948. The number of benzene rings is 1. The normalized spacial score (nSPS) is 14.8. The van der Waals surface area contributed by atoms with E-state index in [-0.39, 0.29) is 0 Å². The average Bonchev–Trinajstić information content (AvgIpc) is 2.16. The predicted molar refractivity (Wildman–Crippen MR) is 60.6 cm³/mol. The third kappa shape index (κ3) is 2.95. The summed E-state index contributed by atoms with van der Waals surface area (Å²) < 4.78 is 0. The fourth-order valence-electron chi connectivity index (χ4n) is 1.35. The molecule has 0 aliphatic rings. The molecule has 1 aromatic rings. The van der Waals surface area contributed by atoms with Crippen molar-refractivity contribution in [2.45, 2.75) is 33.2 Å². The summed E-state index contributed by atoms with van der Waals surface area (Å²) >= 11 is 0. The van der Waals surface area contributed by atoms with Gasteiger partial charge in [0.1, 0.15) is 5.75 Å². The van der Waals surface area contributed by atoms with Crippen LogP contribution in [0.15, 0.2) is 24.3 Å². The van der Waals surface area contributed by atoms with E-state index in [1.807, 2.05) is 12.1 Å². The summed E-state index contributed by atoms with van der Waals surface area (Å²) in [6.45, 7) is 6.57. The molecule has 2 heteroatoms. The highest BCUT2D eigenvalue weighted by Crippen LogP contribution is 2.18. The van der Waals surface area contributed by atoms with Crippen molar-refractivity contribution in [2.75, 3.05) is 5.32 Å². The van der Waals surface area contributed by atoms with Crippen LogP contribution in [0.5, 0.6) is 5.75 Å². The standard InChI is InChI=1S/C12H19NO/c1-4-9(2)10(3)13-11-6-5-7-12(14)8-11/h5-10,13-14H,4H2,1-3H3. The van der Waals surface area contributed by atoms with Gasteiger partial charge in [0, 0.05) is 17.8 Å². The van der Waals surface area contributed by atoms with Crippen molar-refractivity contribution in [3.8, 4) is 5.75 Å². The van der Waals surface area contributed by atoms with Crippen LogP contribution in [0.3, 0.4) is 0 Å². The first-order chi connectivity index (χ1) is 6.63. The van der Waals surface area contributed by atoms with Gasteiger partial charge in [-0.2, -0.15) is 0 Å². The van der Waals surface area contributed by atoms with Gasteiger partial charge in [0.05, 0.1) is 0 Å². The fraction of sp³-hybridized carbons (Fsp3) is 0.500. The third-order valence-electron chi connectivity index (χ3n) is 2.74. The van der Waals surface area contributed by atoms with Gasteiger partial charge in [-0.05, 0) is 25.0 Å². The molecule has 0 spiro atoms. The molecule has 0 amide bonds. The zero-order valence-electron chi connectivity index (χ0n) is 9.12. The molecule has 0 radical (unpaired) electrons. The second-order valence-electron chi connectivity index (χ2n) is 3.87. The summed E-state index contributed by atoms with van der Waals surface area (Å²) in [7, 11) is 0. The first kappa shape index (κ1) is 10.9. The number of rotatable bonds is 4. The fourth-order valence-corrected chi connectivity index (χ4v) is 1.35. The maximum atomic E-state index is 9.28. The van der Waals surface area contributed by atoms with E-state index in [9.17, 15) is 5.11 Å². The number of hydrogen-bond acceptors (Lipinski definition) is 2. The molecule has 0 heterocycles. The molecule has 0 saturated heterocycles. The van der Waals surface area contributed by atoms with Crippen LogP contribution < -0.4 is 5.32 Å². The molecule has 2 atom stereocenters. The highest BCUT2D eigenvalue weighted by molar-refractivity contribution is 5.48. The number of phenols is 1. The minimum Gasteiger partial charge on any atom is -0.508 e. The molecule has 14 heavy (non-hydrogen) atoms. The minimum absolute atomic E-state index is 0.311. The van der Waals surface area contributed by atoms with E-state index in [0.29, 0.717) is 17.7 Å². The monoisotopic (exact) mass is 193 g/mol. The lowest BCUT2D eigenvalue weighted by Crippen LogP contribution is -2.22. The van der Waals surface area contributed by atoms with Crippen LogP contribution in [0.25, 0.3) is 0 Å². The molecule has 2 nitrogen and oxygen atoms in total. The lowest BCUT2D eigenvalue weighted by Gasteiger charge is -2.21.